The lowest BCUT2D eigenvalue weighted by Gasteiger charge is -2.39. The molecular weight excluding hydrogens is 280 g/mol. The van der Waals surface area contributed by atoms with Crippen molar-refractivity contribution in [3.8, 4) is 5.75 Å². The van der Waals surface area contributed by atoms with Gasteiger partial charge in [0.2, 0.25) is 0 Å². The normalized spacial score (nSPS) is 32.9. The van der Waals surface area contributed by atoms with Gasteiger partial charge in [-0.1, -0.05) is 12.1 Å². The Morgan fingerprint density at radius 3 is 2.33 bits per heavy atom. The lowest BCUT2D eigenvalue weighted by molar-refractivity contribution is -0.298. The molecule has 1 heterocycles. The van der Waals surface area contributed by atoms with E-state index < -0.39 is 37.3 Å². The van der Waals surface area contributed by atoms with E-state index in [0.717, 1.165) is 5.56 Å². The molecule has 1 fully saturated rings. The number of benzene rings is 1. The largest absolute Gasteiger partial charge is 0.497 e. The standard InChI is InChI=1S/C14H20O7/c1-19-9-4-2-8(3-5-9)7-20-13-12(17)11(16)10(6-15)21-14(13)18/h2-5,10-18H,6-7H2,1H3/t10-,11-,12+,13-,14+/m1/s1. The minimum atomic E-state index is -1.42. The van der Waals surface area contributed by atoms with Crippen LogP contribution < -0.4 is 4.74 Å². The molecule has 0 aromatic heterocycles. The Hall–Kier alpha value is -1.22. The third kappa shape index (κ3) is 3.70. The molecule has 1 aromatic rings. The van der Waals surface area contributed by atoms with E-state index in [1.165, 1.54) is 0 Å². The predicted octanol–water partition coefficient (Wildman–Crippen LogP) is -0.988. The summed E-state index contributed by atoms with van der Waals surface area (Å²) in [6.07, 6.45) is -6.21. The first-order valence-electron chi connectivity index (χ1n) is 6.62. The Morgan fingerprint density at radius 1 is 1.10 bits per heavy atom. The van der Waals surface area contributed by atoms with E-state index in [0.29, 0.717) is 5.75 Å². The van der Waals surface area contributed by atoms with Crippen LogP contribution in [-0.2, 0) is 16.1 Å². The zero-order chi connectivity index (χ0) is 15.4. The van der Waals surface area contributed by atoms with Crippen LogP contribution >= 0.6 is 0 Å². The third-order valence-corrected chi connectivity index (χ3v) is 3.44. The van der Waals surface area contributed by atoms with Crippen LogP contribution in [0.3, 0.4) is 0 Å². The number of methoxy groups -OCH3 is 1. The summed E-state index contributed by atoms with van der Waals surface area (Å²) in [6, 6.07) is 7.10. The van der Waals surface area contributed by atoms with Crippen LogP contribution in [0.15, 0.2) is 24.3 Å². The lowest BCUT2D eigenvalue weighted by atomic mass is 9.99. The van der Waals surface area contributed by atoms with E-state index in [1.807, 2.05) is 0 Å². The first kappa shape index (κ1) is 16.2. The van der Waals surface area contributed by atoms with Crippen molar-refractivity contribution in [3.05, 3.63) is 29.8 Å². The second-order valence-corrected chi connectivity index (χ2v) is 4.85. The summed E-state index contributed by atoms with van der Waals surface area (Å²) in [4.78, 5) is 0. The van der Waals surface area contributed by atoms with Crippen molar-refractivity contribution >= 4 is 0 Å². The monoisotopic (exact) mass is 300 g/mol. The maximum atomic E-state index is 9.92. The van der Waals surface area contributed by atoms with Gasteiger partial charge in [-0.3, -0.25) is 0 Å². The Morgan fingerprint density at radius 2 is 1.76 bits per heavy atom. The molecule has 1 aliphatic rings. The molecule has 0 spiro atoms. The zero-order valence-corrected chi connectivity index (χ0v) is 11.6. The summed E-state index contributed by atoms with van der Waals surface area (Å²) in [7, 11) is 1.57. The molecule has 7 nitrogen and oxygen atoms in total. The molecule has 4 N–H and O–H groups in total. The molecule has 1 aliphatic heterocycles. The molecule has 1 aromatic carbocycles. The van der Waals surface area contributed by atoms with Crippen LogP contribution in [-0.4, -0.2) is 64.8 Å². The number of ether oxygens (including phenoxy) is 3. The molecule has 0 bridgehead atoms. The maximum Gasteiger partial charge on any atom is 0.184 e. The highest BCUT2D eigenvalue weighted by molar-refractivity contribution is 5.26. The Labute approximate surface area is 122 Å². The van der Waals surface area contributed by atoms with Crippen molar-refractivity contribution < 1.29 is 34.6 Å². The van der Waals surface area contributed by atoms with Gasteiger partial charge >= 0.3 is 0 Å². The van der Waals surface area contributed by atoms with Crippen LogP contribution in [0.25, 0.3) is 0 Å². The topological polar surface area (TPSA) is 109 Å². The average molecular weight is 300 g/mol. The van der Waals surface area contributed by atoms with Crippen molar-refractivity contribution in [1.29, 1.82) is 0 Å². The summed E-state index contributed by atoms with van der Waals surface area (Å²) in [5.74, 6) is 0.709. The van der Waals surface area contributed by atoms with Gasteiger partial charge in [0.05, 0.1) is 20.3 Å². The highest BCUT2D eigenvalue weighted by atomic mass is 16.7. The van der Waals surface area contributed by atoms with Crippen LogP contribution in [0.2, 0.25) is 0 Å². The minimum absolute atomic E-state index is 0.128. The Bertz CT molecular complexity index is 435. The van der Waals surface area contributed by atoms with Gasteiger partial charge in [0.15, 0.2) is 6.29 Å². The molecule has 0 amide bonds. The Balaban J connectivity index is 1.95. The van der Waals surface area contributed by atoms with E-state index in [4.69, 9.17) is 19.3 Å². The van der Waals surface area contributed by atoms with Gasteiger partial charge in [-0.15, -0.1) is 0 Å². The fraction of sp³-hybridized carbons (Fsp3) is 0.571. The fourth-order valence-electron chi connectivity index (χ4n) is 2.17. The highest BCUT2D eigenvalue weighted by Gasteiger charge is 2.44. The van der Waals surface area contributed by atoms with E-state index in [-0.39, 0.29) is 6.61 Å². The molecule has 21 heavy (non-hydrogen) atoms. The van der Waals surface area contributed by atoms with Crippen molar-refractivity contribution in [3.63, 3.8) is 0 Å². The van der Waals surface area contributed by atoms with Crippen molar-refractivity contribution in [2.24, 2.45) is 0 Å². The van der Waals surface area contributed by atoms with Crippen molar-refractivity contribution in [2.75, 3.05) is 13.7 Å². The van der Waals surface area contributed by atoms with Crippen molar-refractivity contribution in [1.82, 2.24) is 0 Å². The third-order valence-electron chi connectivity index (χ3n) is 3.44. The first-order valence-corrected chi connectivity index (χ1v) is 6.62. The van der Waals surface area contributed by atoms with Crippen LogP contribution in [0, 0.1) is 0 Å². The number of aliphatic hydroxyl groups excluding tert-OH is 4. The summed E-state index contributed by atoms with van der Waals surface area (Å²) >= 11 is 0. The molecular formula is C14H20O7. The summed E-state index contributed by atoms with van der Waals surface area (Å²) in [5.41, 5.74) is 0.814. The van der Waals surface area contributed by atoms with Crippen LogP contribution in [0.5, 0.6) is 5.75 Å². The number of rotatable bonds is 5. The molecule has 0 aliphatic carbocycles. The van der Waals surface area contributed by atoms with E-state index in [2.05, 4.69) is 0 Å². The SMILES string of the molecule is COc1ccc(CO[C@@H]2[C@@H](O)[C@H](O)[C@@H](CO)O[C@@H]2O)cc1. The quantitative estimate of drug-likeness (QED) is 0.553. The average Bonchev–Trinajstić information content (AvgIpc) is 2.51. The molecule has 118 valence electrons. The molecule has 1 saturated heterocycles. The molecule has 0 saturated carbocycles. The highest BCUT2D eigenvalue weighted by Crippen LogP contribution is 2.23. The minimum Gasteiger partial charge on any atom is -0.497 e. The van der Waals surface area contributed by atoms with Crippen LogP contribution in [0.4, 0.5) is 0 Å². The lowest BCUT2D eigenvalue weighted by Crippen LogP contribution is -2.59. The molecule has 5 atom stereocenters. The summed E-state index contributed by atoms with van der Waals surface area (Å²) in [5, 5.41) is 38.4. The number of hydrogen-bond acceptors (Lipinski definition) is 7. The molecule has 0 unspecified atom stereocenters. The van der Waals surface area contributed by atoms with E-state index in [1.54, 1.807) is 31.4 Å². The van der Waals surface area contributed by atoms with Gasteiger partial charge in [0, 0.05) is 0 Å². The predicted molar refractivity (Wildman–Crippen MR) is 71.6 cm³/mol. The smallest absolute Gasteiger partial charge is 0.184 e. The van der Waals surface area contributed by atoms with Gasteiger partial charge in [-0.2, -0.15) is 0 Å². The van der Waals surface area contributed by atoms with Gasteiger partial charge in [-0.25, -0.2) is 0 Å². The second kappa shape index (κ2) is 7.17. The van der Waals surface area contributed by atoms with E-state index in [9.17, 15) is 15.3 Å². The second-order valence-electron chi connectivity index (χ2n) is 4.85. The van der Waals surface area contributed by atoms with Gasteiger partial charge < -0.3 is 34.6 Å². The summed E-state index contributed by atoms with van der Waals surface area (Å²) < 4.78 is 15.5. The summed E-state index contributed by atoms with van der Waals surface area (Å²) in [6.45, 7) is -0.372. The first-order chi connectivity index (χ1) is 10.1. The van der Waals surface area contributed by atoms with Gasteiger partial charge in [-0.05, 0) is 17.7 Å². The van der Waals surface area contributed by atoms with E-state index >= 15 is 0 Å². The Kier molecular flexibility index (Phi) is 5.51. The van der Waals surface area contributed by atoms with Crippen molar-refractivity contribution in [2.45, 2.75) is 37.3 Å². The zero-order valence-electron chi connectivity index (χ0n) is 11.6. The maximum absolute atomic E-state index is 9.92. The van der Waals surface area contributed by atoms with Crippen LogP contribution in [0.1, 0.15) is 5.56 Å². The molecule has 0 radical (unpaired) electrons. The van der Waals surface area contributed by atoms with Gasteiger partial charge in [0.25, 0.3) is 0 Å². The molecule has 2 rings (SSSR count). The number of aliphatic hydroxyl groups is 4. The van der Waals surface area contributed by atoms with Gasteiger partial charge in [0.1, 0.15) is 30.2 Å². The number of hydrogen-bond donors (Lipinski definition) is 4. The fourth-order valence-corrected chi connectivity index (χ4v) is 2.17. The molecule has 7 heteroatoms.